The Hall–Kier alpha value is -0.690. The molecule has 1 atom stereocenters. The van der Waals surface area contributed by atoms with Crippen molar-refractivity contribution in [2.24, 2.45) is 0 Å². The second-order valence-electron chi connectivity index (χ2n) is 9.09. The molecule has 0 rings (SSSR count). The van der Waals surface area contributed by atoms with Crippen LogP contribution < -0.4 is 68.9 Å². The summed E-state index contributed by atoms with van der Waals surface area (Å²) in [7, 11) is -5.30. The summed E-state index contributed by atoms with van der Waals surface area (Å²) in [5, 5.41) is -0.139. The minimum Gasteiger partial charge on any atom is -0.790 e. The number of esters is 2. The second kappa shape index (κ2) is 36.8. The number of carbonyl (C=O) groups is 3. The Balaban J connectivity index is -0.000000129. The molecule has 44 heavy (non-hydrogen) atoms. The molecule has 0 radical (unpaired) electrons. The van der Waals surface area contributed by atoms with E-state index in [1.54, 1.807) is 6.92 Å². The van der Waals surface area contributed by atoms with Crippen LogP contribution in [0.15, 0.2) is 0 Å². The van der Waals surface area contributed by atoms with Crippen molar-refractivity contribution in [3.8, 4) is 47.4 Å². The Morgan fingerprint density at radius 1 is 0.773 bits per heavy atom. The number of ether oxygens (including phenoxy) is 2. The molecule has 0 aromatic rings. The third-order valence-electron chi connectivity index (χ3n) is 5.20. The van der Waals surface area contributed by atoms with Crippen molar-refractivity contribution in [3.63, 3.8) is 0 Å². The molecular formula is C31H57Na2O9PS. The number of hydrogen-bond acceptors (Lipinski definition) is 9. The van der Waals surface area contributed by atoms with Gasteiger partial charge in [0.2, 0.25) is 0 Å². The zero-order valence-electron chi connectivity index (χ0n) is 27.0. The van der Waals surface area contributed by atoms with E-state index >= 15 is 0 Å². The first kappa shape index (κ1) is 50.2. The summed E-state index contributed by atoms with van der Waals surface area (Å²) < 4.78 is 24.9. The van der Waals surface area contributed by atoms with E-state index in [2.05, 4.69) is 71.4 Å². The predicted octanol–water partition coefficient (Wildman–Crippen LogP) is -0.00580. The molecule has 13 heteroatoms. The van der Waals surface area contributed by atoms with Crippen LogP contribution in [0.1, 0.15) is 121 Å². The van der Waals surface area contributed by atoms with Crippen LogP contribution in [0.5, 0.6) is 0 Å². The maximum absolute atomic E-state index is 12.1. The molecule has 0 fully saturated rings. The number of thiol groups is 1. The zero-order valence-corrected chi connectivity index (χ0v) is 32.7. The summed E-state index contributed by atoms with van der Waals surface area (Å²) in [4.78, 5) is 54.7. The molecular weight excluding hydrogens is 625 g/mol. The Labute approximate surface area is 324 Å². The van der Waals surface area contributed by atoms with Gasteiger partial charge in [-0.15, -0.1) is 12.6 Å². The molecule has 248 valence electrons. The number of rotatable bonds is 20. The average molecular weight is 683 g/mol. The maximum Gasteiger partial charge on any atom is 1.00 e. The molecule has 0 aromatic heterocycles. The summed E-state index contributed by atoms with van der Waals surface area (Å²) in [6.07, 6.45) is 14.1. The topological polar surface area (TPSA) is 142 Å². The zero-order chi connectivity index (χ0) is 31.9. The Morgan fingerprint density at radius 2 is 1.20 bits per heavy atom. The van der Waals surface area contributed by atoms with E-state index in [4.69, 9.17) is 9.47 Å². The number of carbonyl (C=O) groups excluding carboxylic acids is 3. The molecule has 0 aliphatic carbocycles. The van der Waals surface area contributed by atoms with Gasteiger partial charge in [0.25, 0.3) is 0 Å². The van der Waals surface area contributed by atoms with E-state index in [0.717, 1.165) is 19.3 Å². The van der Waals surface area contributed by atoms with Crippen molar-refractivity contribution < 1.29 is 112 Å². The standard InChI is InChI=1S/C29H41O8P.C2H4OS.2Na.7H2/c1-3-5-7-9-11-12-13-14-15-16-18-20-22-24-29(31)37-27(26-36-38(32,33)34)25-35-28(30)23-21-19-17-10-8-6-4-2;1-2(3)4;;;;;;;;;/h27H,3,5,7,9,11-16,18,20,22,24-26H2,1-2H3,(H2,32,33,34);1H3,(H,3,4);;;7*1H/q;;2*+1;;;;;;;/p-2/t27-;;;;;;;;;;/m1........../s1. The SMILES string of the molecule is CC#CC#CC#CC#CC(=O)OC[C@H](COP(=O)([O-])[O-])OC(=O)CCCCCCCCCCCCCCC.CC(=O)S.[HH].[HH].[HH].[HH].[HH].[HH].[HH].[Na+].[Na+]. The van der Waals surface area contributed by atoms with Crippen LogP contribution in [0.4, 0.5) is 0 Å². The molecule has 0 aliphatic rings. The van der Waals surface area contributed by atoms with E-state index in [-0.39, 0.29) is 80.6 Å². The predicted molar refractivity (Wildman–Crippen MR) is 176 cm³/mol. The minimum atomic E-state index is -5.30. The van der Waals surface area contributed by atoms with Crippen molar-refractivity contribution >= 4 is 37.5 Å². The van der Waals surface area contributed by atoms with E-state index in [0.29, 0.717) is 6.42 Å². The van der Waals surface area contributed by atoms with Crippen LogP contribution in [-0.4, -0.2) is 36.4 Å². The van der Waals surface area contributed by atoms with Gasteiger partial charge >= 0.3 is 71.1 Å². The molecule has 0 amide bonds. The van der Waals surface area contributed by atoms with Gasteiger partial charge in [-0.1, -0.05) is 89.9 Å². The van der Waals surface area contributed by atoms with Crippen LogP contribution in [-0.2, 0) is 32.9 Å². The number of hydrogen-bond donors (Lipinski definition) is 1. The van der Waals surface area contributed by atoms with Gasteiger partial charge in [0.15, 0.2) is 11.2 Å². The van der Waals surface area contributed by atoms with Crippen LogP contribution in [0, 0.1) is 47.4 Å². The monoisotopic (exact) mass is 682 g/mol. The molecule has 0 N–H and O–H groups in total. The number of unbranched alkanes of at least 4 members (excludes halogenated alkanes) is 12. The minimum absolute atomic E-state index is 0. The van der Waals surface area contributed by atoms with E-state index in [1.807, 2.05) is 0 Å². The van der Waals surface area contributed by atoms with E-state index in [9.17, 15) is 28.7 Å². The van der Waals surface area contributed by atoms with Gasteiger partial charge in [-0.05, 0) is 48.9 Å². The van der Waals surface area contributed by atoms with E-state index < -0.39 is 39.1 Å². The fourth-order valence-electron chi connectivity index (χ4n) is 3.30. The number of phosphoric acid groups is 1. The largest absolute Gasteiger partial charge is 1.00 e. The quantitative estimate of drug-likeness (QED) is 0.0357. The first-order valence-corrected chi connectivity index (χ1v) is 16.1. The Kier molecular flexibility index (Phi) is 41.9. The molecule has 9 nitrogen and oxygen atoms in total. The van der Waals surface area contributed by atoms with Crippen molar-refractivity contribution in [1.82, 2.24) is 0 Å². The molecule has 0 saturated heterocycles. The second-order valence-corrected chi connectivity index (χ2v) is 10.9. The van der Waals surface area contributed by atoms with E-state index in [1.165, 1.54) is 64.7 Å². The van der Waals surface area contributed by atoms with Gasteiger partial charge in [-0.3, -0.25) is 9.59 Å². The third-order valence-corrected chi connectivity index (χ3v) is 5.67. The molecule has 0 saturated carbocycles. The van der Waals surface area contributed by atoms with Crippen molar-refractivity contribution in [2.45, 2.75) is 117 Å². The van der Waals surface area contributed by atoms with Gasteiger partial charge in [-0.25, -0.2) is 4.79 Å². The van der Waals surface area contributed by atoms with Crippen molar-refractivity contribution in [1.29, 1.82) is 0 Å². The summed E-state index contributed by atoms with van der Waals surface area (Å²) in [5.41, 5.74) is 0. The van der Waals surface area contributed by atoms with Crippen molar-refractivity contribution in [3.05, 3.63) is 0 Å². The smallest absolute Gasteiger partial charge is 0.790 e. The fraction of sp³-hybridized carbons (Fsp3) is 0.645. The third kappa shape index (κ3) is 45.7. The van der Waals surface area contributed by atoms with Crippen molar-refractivity contribution in [2.75, 3.05) is 13.2 Å². The molecule has 0 aromatic carbocycles. The van der Waals surface area contributed by atoms with Gasteiger partial charge in [0.05, 0.1) is 14.4 Å². The fourth-order valence-corrected chi connectivity index (χ4v) is 3.65. The molecule has 0 spiro atoms. The molecule has 0 aliphatic heterocycles. The first-order valence-electron chi connectivity index (χ1n) is 14.2. The van der Waals surface area contributed by atoms with Gasteiger partial charge in [0, 0.05) is 29.3 Å². The summed E-state index contributed by atoms with van der Waals surface area (Å²) in [6, 6.07) is 0. The van der Waals surface area contributed by atoms with Gasteiger partial charge in [0.1, 0.15) is 6.61 Å². The normalized spacial score (nSPS) is 9.86. The van der Waals surface area contributed by atoms with Crippen LogP contribution >= 0.6 is 20.5 Å². The molecule has 0 bridgehead atoms. The molecule has 0 unspecified atom stereocenters. The Bertz CT molecular complexity index is 1110. The van der Waals surface area contributed by atoms with Gasteiger partial charge < -0.3 is 28.3 Å². The van der Waals surface area contributed by atoms with Crippen LogP contribution in [0.3, 0.4) is 0 Å². The van der Waals surface area contributed by atoms with Gasteiger partial charge in [-0.2, -0.15) is 0 Å². The first-order chi connectivity index (χ1) is 20.0. The maximum atomic E-state index is 12.1. The summed E-state index contributed by atoms with van der Waals surface area (Å²) in [5.74, 6) is 17.3. The van der Waals surface area contributed by atoms with Crippen LogP contribution in [0.25, 0.3) is 0 Å². The molecule has 0 heterocycles. The summed E-state index contributed by atoms with van der Waals surface area (Å²) >= 11 is 3.33. The summed E-state index contributed by atoms with van der Waals surface area (Å²) in [6.45, 7) is 3.95. The van der Waals surface area contributed by atoms with Crippen LogP contribution in [0.2, 0.25) is 0 Å². The Morgan fingerprint density at radius 3 is 1.66 bits per heavy atom. The average Bonchev–Trinajstić information content (AvgIpc) is 2.91. The number of phosphoric ester groups is 1.